The van der Waals surface area contributed by atoms with Gasteiger partial charge in [0.2, 0.25) is 5.91 Å². The van der Waals surface area contributed by atoms with Crippen molar-refractivity contribution in [2.45, 2.75) is 23.0 Å². The molecule has 1 heterocycles. The Morgan fingerprint density at radius 2 is 1.78 bits per heavy atom. The zero-order valence-corrected chi connectivity index (χ0v) is 15.7. The predicted molar refractivity (Wildman–Crippen MR) is 104 cm³/mol. The third-order valence-electron chi connectivity index (χ3n) is 3.78. The lowest BCUT2D eigenvalue weighted by molar-refractivity contribution is -0.117. The molecule has 0 aliphatic heterocycles. The van der Waals surface area contributed by atoms with Crippen molar-refractivity contribution in [1.82, 2.24) is 20.1 Å². The number of rotatable bonds is 6. The van der Waals surface area contributed by atoms with Crippen molar-refractivity contribution in [2.24, 2.45) is 7.05 Å². The van der Waals surface area contributed by atoms with Crippen LogP contribution >= 0.6 is 11.8 Å². The second-order valence-electron chi connectivity index (χ2n) is 5.90. The van der Waals surface area contributed by atoms with Gasteiger partial charge in [0.1, 0.15) is 12.4 Å². The largest absolute Gasteiger partial charge is 0.341 e. The maximum atomic E-state index is 12.3. The van der Waals surface area contributed by atoms with E-state index in [-0.39, 0.29) is 11.8 Å². The summed E-state index contributed by atoms with van der Waals surface area (Å²) in [6, 6.07) is 15.5. The van der Waals surface area contributed by atoms with E-state index >= 15 is 0 Å². The Hall–Kier alpha value is -3.13. The second kappa shape index (κ2) is 8.50. The van der Waals surface area contributed by atoms with Gasteiger partial charge < -0.3 is 15.2 Å². The van der Waals surface area contributed by atoms with Crippen LogP contribution in [0.3, 0.4) is 0 Å². The molecule has 0 radical (unpaired) electrons. The van der Waals surface area contributed by atoms with Gasteiger partial charge in [-0.3, -0.25) is 9.59 Å². The number of benzene rings is 2. The fourth-order valence-corrected chi connectivity index (χ4v) is 3.02. The highest BCUT2D eigenvalue weighted by Gasteiger charge is 2.16. The molecule has 1 unspecified atom stereocenters. The summed E-state index contributed by atoms with van der Waals surface area (Å²) >= 11 is 1.48. The number of carbonyl (C=O) groups excluding carboxylic acids is 2. The Balaban J connectivity index is 1.55. The van der Waals surface area contributed by atoms with Gasteiger partial charge >= 0.3 is 0 Å². The minimum absolute atomic E-state index is 0.284. The van der Waals surface area contributed by atoms with E-state index in [1.807, 2.05) is 41.9 Å². The van der Waals surface area contributed by atoms with E-state index in [9.17, 15) is 9.59 Å². The van der Waals surface area contributed by atoms with Crippen molar-refractivity contribution >= 4 is 29.3 Å². The first-order chi connectivity index (χ1) is 13.0. The molecule has 2 amide bonds. The molecule has 0 bridgehead atoms. The topological polar surface area (TPSA) is 88.9 Å². The number of aromatic nitrogens is 3. The van der Waals surface area contributed by atoms with E-state index in [0.717, 1.165) is 10.1 Å². The second-order valence-corrected chi connectivity index (χ2v) is 6.94. The fourth-order valence-electron chi connectivity index (χ4n) is 2.26. The van der Waals surface area contributed by atoms with Gasteiger partial charge in [-0.15, -0.1) is 10.2 Å². The third kappa shape index (κ3) is 4.95. The van der Waals surface area contributed by atoms with E-state index in [0.29, 0.717) is 11.3 Å². The normalized spacial score (nSPS) is 11.6. The number of hydrogen-bond acceptors (Lipinski definition) is 5. The summed E-state index contributed by atoms with van der Waals surface area (Å²) < 4.78 is 1.83. The molecule has 2 N–H and O–H groups in total. The molecule has 0 fully saturated rings. The maximum Gasteiger partial charge on any atom is 0.251 e. The molecule has 0 aliphatic rings. The molecule has 3 rings (SSSR count). The number of nitrogens with zero attached hydrogens (tertiary/aromatic N) is 3. The van der Waals surface area contributed by atoms with Gasteiger partial charge in [0.05, 0.1) is 0 Å². The van der Waals surface area contributed by atoms with Crippen molar-refractivity contribution in [3.63, 3.8) is 0 Å². The maximum absolute atomic E-state index is 12.3. The average molecular weight is 381 g/mol. The number of anilines is 1. The average Bonchev–Trinajstić information content (AvgIpc) is 3.08. The van der Waals surface area contributed by atoms with E-state index in [2.05, 4.69) is 20.8 Å². The molecule has 1 aromatic heterocycles. The summed E-state index contributed by atoms with van der Waals surface area (Å²) in [5, 5.41) is 14.1. The summed E-state index contributed by atoms with van der Waals surface area (Å²) in [5.74, 6) is -0.568. The Bertz CT molecular complexity index is 925. The van der Waals surface area contributed by atoms with Gasteiger partial charge in [-0.2, -0.15) is 0 Å². The Morgan fingerprint density at radius 3 is 2.41 bits per heavy atom. The minimum atomic E-state index is -0.662. The fraction of sp³-hybridized carbons (Fsp3) is 0.158. The van der Waals surface area contributed by atoms with Crippen molar-refractivity contribution in [3.05, 3.63) is 66.5 Å². The van der Waals surface area contributed by atoms with E-state index < -0.39 is 6.04 Å². The van der Waals surface area contributed by atoms with Gasteiger partial charge in [0.25, 0.3) is 5.91 Å². The first-order valence-electron chi connectivity index (χ1n) is 8.31. The quantitative estimate of drug-likeness (QED) is 0.685. The van der Waals surface area contributed by atoms with Crippen LogP contribution in [0.4, 0.5) is 5.69 Å². The minimum Gasteiger partial charge on any atom is -0.341 e. The van der Waals surface area contributed by atoms with Crippen molar-refractivity contribution in [2.75, 3.05) is 5.32 Å². The van der Waals surface area contributed by atoms with E-state index in [1.54, 1.807) is 37.5 Å². The lowest BCUT2D eigenvalue weighted by atomic mass is 10.2. The zero-order chi connectivity index (χ0) is 19.2. The molecule has 0 saturated carbocycles. The molecule has 138 valence electrons. The number of hydrogen-bond donors (Lipinski definition) is 2. The molecular formula is C19H19N5O2S. The van der Waals surface area contributed by atoms with Crippen LogP contribution in [-0.2, 0) is 11.8 Å². The first-order valence-corrected chi connectivity index (χ1v) is 9.13. The Morgan fingerprint density at radius 1 is 1.07 bits per heavy atom. The summed E-state index contributed by atoms with van der Waals surface area (Å²) in [5.41, 5.74) is 1.17. The lowest BCUT2D eigenvalue weighted by Crippen LogP contribution is -2.41. The first kappa shape index (κ1) is 18.7. The SMILES string of the molecule is CC(NC(=O)c1ccccc1)C(=O)Nc1ccc(Sc2nncn2C)cc1. The van der Waals surface area contributed by atoms with Crippen LogP contribution in [-0.4, -0.2) is 32.6 Å². The molecule has 0 aliphatic carbocycles. The molecule has 0 saturated heterocycles. The Labute approximate surface area is 161 Å². The highest BCUT2D eigenvalue weighted by Crippen LogP contribution is 2.26. The molecule has 2 aromatic carbocycles. The van der Waals surface area contributed by atoms with Crippen LogP contribution in [0.1, 0.15) is 17.3 Å². The van der Waals surface area contributed by atoms with Gasteiger partial charge in [0.15, 0.2) is 5.16 Å². The van der Waals surface area contributed by atoms with Gasteiger partial charge in [-0.25, -0.2) is 0 Å². The zero-order valence-electron chi connectivity index (χ0n) is 14.9. The van der Waals surface area contributed by atoms with Crippen LogP contribution in [0.25, 0.3) is 0 Å². The summed E-state index contributed by atoms with van der Waals surface area (Å²) in [4.78, 5) is 25.4. The van der Waals surface area contributed by atoms with E-state index in [1.165, 1.54) is 11.8 Å². The smallest absolute Gasteiger partial charge is 0.251 e. The summed E-state index contributed by atoms with van der Waals surface area (Å²) in [6.07, 6.45) is 1.64. The van der Waals surface area contributed by atoms with Crippen LogP contribution in [0.2, 0.25) is 0 Å². The molecule has 27 heavy (non-hydrogen) atoms. The van der Waals surface area contributed by atoms with Crippen molar-refractivity contribution in [3.8, 4) is 0 Å². The third-order valence-corrected chi connectivity index (χ3v) is 4.84. The summed E-state index contributed by atoms with van der Waals surface area (Å²) in [6.45, 7) is 1.65. The summed E-state index contributed by atoms with van der Waals surface area (Å²) in [7, 11) is 1.88. The van der Waals surface area contributed by atoms with Crippen LogP contribution in [0.15, 0.2) is 71.0 Å². The van der Waals surface area contributed by atoms with Gasteiger partial charge in [0, 0.05) is 23.2 Å². The monoisotopic (exact) mass is 381 g/mol. The van der Waals surface area contributed by atoms with Crippen molar-refractivity contribution < 1.29 is 9.59 Å². The highest BCUT2D eigenvalue weighted by molar-refractivity contribution is 7.99. The van der Waals surface area contributed by atoms with Crippen LogP contribution in [0, 0.1) is 0 Å². The molecular weight excluding hydrogens is 362 g/mol. The molecule has 8 heteroatoms. The molecule has 3 aromatic rings. The lowest BCUT2D eigenvalue weighted by Gasteiger charge is -2.14. The highest BCUT2D eigenvalue weighted by atomic mass is 32.2. The standard InChI is InChI=1S/C19H19N5O2S/c1-13(21-18(26)14-6-4-3-5-7-14)17(25)22-15-8-10-16(11-9-15)27-19-23-20-12-24(19)2/h3-13H,1-2H3,(H,21,26)(H,22,25). The van der Waals surface area contributed by atoms with Crippen molar-refractivity contribution in [1.29, 1.82) is 0 Å². The van der Waals surface area contributed by atoms with Crippen LogP contribution < -0.4 is 10.6 Å². The van der Waals surface area contributed by atoms with E-state index in [4.69, 9.17) is 0 Å². The molecule has 0 spiro atoms. The number of amides is 2. The van der Waals surface area contributed by atoms with Gasteiger partial charge in [-0.1, -0.05) is 18.2 Å². The number of nitrogens with one attached hydrogen (secondary N) is 2. The number of aryl methyl sites for hydroxylation is 1. The van der Waals surface area contributed by atoms with Gasteiger partial charge in [-0.05, 0) is 55.1 Å². The predicted octanol–water partition coefficient (Wildman–Crippen LogP) is 2.72. The Kier molecular flexibility index (Phi) is 5.87. The number of carbonyl (C=O) groups is 2. The van der Waals surface area contributed by atoms with Crippen LogP contribution in [0.5, 0.6) is 0 Å². The molecule has 7 nitrogen and oxygen atoms in total. The molecule has 1 atom stereocenters.